The Balaban J connectivity index is -0.000000252. The molecule has 1 amide bonds. The molecule has 22 heavy (non-hydrogen) atoms. The van der Waals surface area contributed by atoms with Gasteiger partial charge in [-0.1, -0.05) is 0 Å². The summed E-state index contributed by atoms with van der Waals surface area (Å²) in [6.07, 6.45) is -0.310. The molecule has 12 nitrogen and oxygen atoms in total. The standard InChI is InChI=1S/C4H8N2O3.C3H7NO3.C3H7NO2/c5-2(4(8)9)1-3(6)7;4-2(1-5)3(6)7;1-2(4)3(5)6/h2H,1,5H2,(H2,6,7)(H,8,9);2,5H,1,4H2,(H,6,7);2H,4H2,1H3,(H,5,6). The molecule has 0 aliphatic carbocycles. The van der Waals surface area contributed by atoms with Crippen LogP contribution in [0.4, 0.5) is 0 Å². The molecule has 0 radical (unpaired) electrons. The Kier molecular flexibility index (Phi) is 15.4. The topological polar surface area (TPSA) is 253 Å². The number of aliphatic hydroxyl groups excluding tert-OH is 1. The molecule has 130 valence electrons. The maximum atomic E-state index is 9.99. The highest BCUT2D eigenvalue weighted by Crippen LogP contribution is 1.84. The third kappa shape index (κ3) is 20.0. The summed E-state index contributed by atoms with van der Waals surface area (Å²) in [5.41, 5.74) is 19.2. The van der Waals surface area contributed by atoms with E-state index in [9.17, 15) is 19.2 Å². The fraction of sp³-hybridized carbons (Fsp3) is 0.600. The van der Waals surface area contributed by atoms with Gasteiger partial charge in [-0.3, -0.25) is 19.2 Å². The van der Waals surface area contributed by atoms with Gasteiger partial charge in [0.25, 0.3) is 0 Å². The first-order valence-electron chi connectivity index (χ1n) is 5.71. The molecular weight excluding hydrogens is 304 g/mol. The van der Waals surface area contributed by atoms with Crippen LogP contribution in [0.5, 0.6) is 0 Å². The van der Waals surface area contributed by atoms with E-state index >= 15 is 0 Å². The van der Waals surface area contributed by atoms with Crippen molar-refractivity contribution in [3.8, 4) is 0 Å². The van der Waals surface area contributed by atoms with Crippen molar-refractivity contribution in [1.82, 2.24) is 0 Å². The highest BCUT2D eigenvalue weighted by Gasteiger charge is 2.13. The molecule has 12 heteroatoms. The second kappa shape index (κ2) is 13.7. The summed E-state index contributed by atoms with van der Waals surface area (Å²) in [5.74, 6) is -4.06. The second-order valence-corrected chi connectivity index (χ2v) is 3.87. The van der Waals surface area contributed by atoms with Crippen molar-refractivity contribution in [2.75, 3.05) is 6.61 Å². The van der Waals surface area contributed by atoms with Crippen molar-refractivity contribution in [2.24, 2.45) is 22.9 Å². The molecule has 0 spiro atoms. The van der Waals surface area contributed by atoms with Gasteiger partial charge >= 0.3 is 17.9 Å². The van der Waals surface area contributed by atoms with E-state index in [0.717, 1.165) is 0 Å². The Bertz CT molecular complexity index is 374. The van der Waals surface area contributed by atoms with Crippen molar-refractivity contribution in [3.63, 3.8) is 0 Å². The Hall–Kier alpha value is -2.28. The van der Waals surface area contributed by atoms with Gasteiger partial charge in [0.1, 0.15) is 18.1 Å². The zero-order chi connectivity index (χ0) is 18.5. The van der Waals surface area contributed by atoms with Crippen LogP contribution in [0.15, 0.2) is 0 Å². The van der Waals surface area contributed by atoms with E-state index < -0.39 is 48.5 Å². The SMILES string of the molecule is CC(N)C(=O)O.NC(=O)CC(N)C(=O)O.NC(CO)C(=O)O. The van der Waals surface area contributed by atoms with Gasteiger partial charge in [0.15, 0.2) is 0 Å². The van der Waals surface area contributed by atoms with E-state index in [1.807, 2.05) is 0 Å². The lowest BCUT2D eigenvalue weighted by Crippen LogP contribution is -2.34. The first-order valence-corrected chi connectivity index (χ1v) is 5.71. The minimum atomic E-state index is -1.21. The van der Waals surface area contributed by atoms with E-state index in [1.54, 1.807) is 0 Å². The molecule has 0 aromatic rings. The highest BCUT2D eigenvalue weighted by molar-refractivity contribution is 5.83. The monoisotopic (exact) mass is 326 g/mol. The lowest BCUT2D eigenvalue weighted by Gasteiger charge is -1.99. The minimum absolute atomic E-state index is 0.310. The summed E-state index contributed by atoms with van der Waals surface area (Å²) >= 11 is 0. The van der Waals surface area contributed by atoms with Crippen LogP contribution in [0.3, 0.4) is 0 Å². The number of carboxylic acid groups (broad SMARTS) is 3. The number of aliphatic carboxylic acids is 3. The summed E-state index contributed by atoms with van der Waals surface area (Å²) in [4.78, 5) is 39.1. The maximum absolute atomic E-state index is 9.99. The van der Waals surface area contributed by atoms with Gasteiger partial charge in [-0.25, -0.2) is 0 Å². The van der Waals surface area contributed by atoms with Crippen molar-refractivity contribution in [2.45, 2.75) is 31.5 Å². The van der Waals surface area contributed by atoms with Gasteiger partial charge < -0.3 is 43.4 Å². The predicted octanol–water partition coefficient (Wildman–Crippen LogP) is -3.92. The summed E-state index contributed by atoms with van der Waals surface area (Å²) in [6.45, 7) is 0.914. The van der Waals surface area contributed by atoms with Crippen molar-refractivity contribution >= 4 is 23.8 Å². The predicted molar refractivity (Wildman–Crippen MR) is 73.4 cm³/mol. The molecule has 0 aliphatic heterocycles. The number of hydrogen-bond acceptors (Lipinski definition) is 8. The zero-order valence-corrected chi connectivity index (χ0v) is 11.9. The molecular formula is C10H22N4O8. The van der Waals surface area contributed by atoms with Crippen LogP contribution in [-0.4, -0.2) is 69.0 Å². The maximum Gasteiger partial charge on any atom is 0.322 e. The molecule has 0 fully saturated rings. The molecule has 0 bridgehead atoms. The van der Waals surface area contributed by atoms with E-state index in [-0.39, 0.29) is 6.42 Å². The molecule has 0 rings (SSSR count). The van der Waals surface area contributed by atoms with Crippen LogP contribution in [0.2, 0.25) is 0 Å². The lowest BCUT2D eigenvalue weighted by atomic mass is 10.2. The third-order valence-electron chi connectivity index (χ3n) is 1.64. The van der Waals surface area contributed by atoms with Gasteiger partial charge in [0.2, 0.25) is 5.91 Å². The minimum Gasteiger partial charge on any atom is -0.480 e. The Labute approximate surface area is 125 Å². The lowest BCUT2D eigenvalue weighted by molar-refractivity contribution is -0.140. The van der Waals surface area contributed by atoms with Gasteiger partial charge in [-0.05, 0) is 6.92 Å². The Morgan fingerprint density at radius 3 is 1.23 bits per heavy atom. The number of carbonyl (C=O) groups is 4. The third-order valence-corrected chi connectivity index (χ3v) is 1.64. The van der Waals surface area contributed by atoms with Gasteiger partial charge in [0, 0.05) is 0 Å². The Morgan fingerprint density at radius 2 is 1.18 bits per heavy atom. The number of carbonyl (C=O) groups excluding carboxylic acids is 1. The molecule has 12 N–H and O–H groups in total. The number of nitrogens with two attached hydrogens (primary N) is 4. The fourth-order valence-electron chi connectivity index (χ4n) is 0.382. The normalized spacial score (nSPS) is 13.1. The average molecular weight is 326 g/mol. The van der Waals surface area contributed by atoms with E-state index in [4.69, 9.17) is 37.6 Å². The molecule has 0 saturated carbocycles. The number of carboxylic acids is 3. The number of rotatable bonds is 6. The Morgan fingerprint density at radius 1 is 0.864 bits per heavy atom. The quantitative estimate of drug-likeness (QED) is 0.234. The highest BCUT2D eigenvalue weighted by atomic mass is 16.4. The van der Waals surface area contributed by atoms with Gasteiger partial charge in [-0.15, -0.1) is 0 Å². The van der Waals surface area contributed by atoms with Crippen LogP contribution < -0.4 is 22.9 Å². The van der Waals surface area contributed by atoms with Crippen molar-refractivity contribution < 1.29 is 39.6 Å². The number of hydrogen-bond donors (Lipinski definition) is 8. The van der Waals surface area contributed by atoms with E-state index in [1.165, 1.54) is 6.92 Å². The molecule has 0 aromatic heterocycles. The molecule has 0 heterocycles. The molecule has 3 unspecified atom stereocenters. The molecule has 0 aliphatic rings. The summed E-state index contributed by atoms with van der Waals surface area (Å²) in [5, 5.41) is 31.9. The largest absolute Gasteiger partial charge is 0.480 e. The summed E-state index contributed by atoms with van der Waals surface area (Å²) in [7, 11) is 0. The van der Waals surface area contributed by atoms with Gasteiger partial charge in [-0.2, -0.15) is 0 Å². The first kappa shape index (κ1) is 24.7. The molecule has 3 atom stereocenters. The van der Waals surface area contributed by atoms with Crippen LogP contribution >= 0.6 is 0 Å². The summed E-state index contributed by atoms with van der Waals surface area (Å²) in [6, 6.07) is -3.02. The van der Waals surface area contributed by atoms with Crippen LogP contribution in [0.25, 0.3) is 0 Å². The van der Waals surface area contributed by atoms with Crippen LogP contribution in [0.1, 0.15) is 13.3 Å². The summed E-state index contributed by atoms with van der Waals surface area (Å²) < 4.78 is 0. The smallest absolute Gasteiger partial charge is 0.322 e. The average Bonchev–Trinajstić information content (AvgIpc) is 2.37. The van der Waals surface area contributed by atoms with Crippen LogP contribution in [0, 0.1) is 0 Å². The number of aliphatic hydroxyl groups is 1. The zero-order valence-electron chi connectivity index (χ0n) is 11.9. The van der Waals surface area contributed by atoms with E-state index in [0.29, 0.717) is 0 Å². The van der Waals surface area contributed by atoms with Crippen molar-refractivity contribution in [3.05, 3.63) is 0 Å². The van der Waals surface area contributed by atoms with E-state index in [2.05, 4.69) is 5.73 Å². The second-order valence-electron chi connectivity index (χ2n) is 3.87. The molecule has 0 aromatic carbocycles. The van der Waals surface area contributed by atoms with Crippen LogP contribution in [-0.2, 0) is 19.2 Å². The van der Waals surface area contributed by atoms with Gasteiger partial charge in [0.05, 0.1) is 13.0 Å². The first-order chi connectivity index (χ1) is 9.86. The van der Waals surface area contributed by atoms with Crippen molar-refractivity contribution in [1.29, 1.82) is 0 Å². The fourth-order valence-corrected chi connectivity index (χ4v) is 0.382. The molecule has 0 saturated heterocycles. The number of amides is 1. The number of primary amides is 1.